The molecular formula is C25H21N5O3. The van der Waals surface area contributed by atoms with Gasteiger partial charge in [0.15, 0.2) is 0 Å². The van der Waals surface area contributed by atoms with Crippen LogP contribution in [0.15, 0.2) is 84.0 Å². The molecule has 8 heteroatoms. The number of carbonyl (C=O) groups is 1. The van der Waals surface area contributed by atoms with Crippen LogP contribution in [0.5, 0.6) is 5.75 Å². The standard InChI is InChI=1S/C25H21N5O3/c1-33-20-7-4-17(5-8-20)16-29-23-13-19(24(31)27-15-18-3-2-11-26-14-18)6-9-21(23)30-22(25(29)32)10-12-28-30/h2-14H,15-16H2,1H3,(H,27,31). The summed E-state index contributed by atoms with van der Waals surface area (Å²) in [5, 5.41) is 7.21. The van der Waals surface area contributed by atoms with Crippen molar-refractivity contribution >= 4 is 22.5 Å². The fourth-order valence-corrected chi connectivity index (χ4v) is 3.82. The first-order chi connectivity index (χ1) is 16.1. The van der Waals surface area contributed by atoms with Crippen LogP contribution in [0.1, 0.15) is 21.5 Å². The number of nitrogens with one attached hydrogen (secondary N) is 1. The smallest absolute Gasteiger partial charge is 0.277 e. The van der Waals surface area contributed by atoms with E-state index in [0.717, 1.165) is 22.4 Å². The number of fused-ring (bicyclic) bond motifs is 3. The average Bonchev–Trinajstić information content (AvgIpc) is 3.36. The molecule has 5 rings (SSSR count). The molecule has 0 fully saturated rings. The molecule has 0 bridgehead atoms. The van der Waals surface area contributed by atoms with Crippen molar-refractivity contribution in [1.82, 2.24) is 24.5 Å². The molecule has 0 saturated carbocycles. The molecule has 0 spiro atoms. The van der Waals surface area contributed by atoms with Gasteiger partial charge in [0, 0.05) is 24.5 Å². The molecule has 0 aliphatic carbocycles. The van der Waals surface area contributed by atoms with Gasteiger partial charge in [0.1, 0.15) is 11.3 Å². The van der Waals surface area contributed by atoms with Gasteiger partial charge in [-0.05, 0) is 53.6 Å². The summed E-state index contributed by atoms with van der Waals surface area (Å²) in [7, 11) is 1.61. The van der Waals surface area contributed by atoms with E-state index in [1.807, 2.05) is 42.5 Å². The zero-order valence-corrected chi connectivity index (χ0v) is 17.9. The Kier molecular flexibility index (Phi) is 5.32. The lowest BCUT2D eigenvalue weighted by atomic mass is 10.1. The number of rotatable bonds is 6. The van der Waals surface area contributed by atoms with Gasteiger partial charge in [-0.2, -0.15) is 5.10 Å². The topological polar surface area (TPSA) is 90.5 Å². The largest absolute Gasteiger partial charge is 0.497 e. The van der Waals surface area contributed by atoms with E-state index < -0.39 is 0 Å². The van der Waals surface area contributed by atoms with Crippen molar-refractivity contribution < 1.29 is 9.53 Å². The van der Waals surface area contributed by atoms with Crippen LogP contribution in [0.3, 0.4) is 0 Å². The van der Waals surface area contributed by atoms with Gasteiger partial charge in [0.2, 0.25) is 0 Å². The number of methoxy groups -OCH3 is 1. The summed E-state index contributed by atoms with van der Waals surface area (Å²) in [4.78, 5) is 30.2. The number of hydrogen-bond acceptors (Lipinski definition) is 5. The van der Waals surface area contributed by atoms with Crippen molar-refractivity contribution in [1.29, 1.82) is 0 Å². The highest BCUT2D eigenvalue weighted by Gasteiger charge is 2.15. The highest BCUT2D eigenvalue weighted by molar-refractivity contribution is 5.97. The summed E-state index contributed by atoms with van der Waals surface area (Å²) in [6, 6.07) is 18.3. The van der Waals surface area contributed by atoms with Crippen molar-refractivity contribution in [3.05, 3.63) is 106 Å². The third kappa shape index (κ3) is 3.94. The molecular weight excluding hydrogens is 418 g/mol. The average molecular weight is 439 g/mol. The Morgan fingerprint density at radius 2 is 1.82 bits per heavy atom. The predicted octanol–water partition coefficient (Wildman–Crippen LogP) is 3.03. The predicted molar refractivity (Wildman–Crippen MR) is 124 cm³/mol. The fourth-order valence-electron chi connectivity index (χ4n) is 3.82. The van der Waals surface area contributed by atoms with Gasteiger partial charge in [0.25, 0.3) is 11.5 Å². The molecule has 0 unspecified atom stereocenters. The molecule has 0 radical (unpaired) electrons. The van der Waals surface area contributed by atoms with Gasteiger partial charge >= 0.3 is 0 Å². The van der Waals surface area contributed by atoms with Crippen LogP contribution < -0.4 is 15.6 Å². The zero-order chi connectivity index (χ0) is 22.8. The number of benzene rings is 2. The van der Waals surface area contributed by atoms with E-state index in [1.54, 1.807) is 53.0 Å². The molecule has 2 aromatic carbocycles. The van der Waals surface area contributed by atoms with Crippen LogP contribution in [0.4, 0.5) is 0 Å². The van der Waals surface area contributed by atoms with Gasteiger partial charge in [0.05, 0.1) is 30.9 Å². The molecule has 3 aromatic heterocycles. The summed E-state index contributed by atoms with van der Waals surface area (Å²) in [5.41, 5.74) is 3.97. The summed E-state index contributed by atoms with van der Waals surface area (Å²) in [6.07, 6.45) is 5.00. The minimum Gasteiger partial charge on any atom is -0.497 e. The second-order valence-corrected chi connectivity index (χ2v) is 7.62. The summed E-state index contributed by atoms with van der Waals surface area (Å²) >= 11 is 0. The molecule has 0 aliphatic heterocycles. The molecule has 164 valence electrons. The quantitative estimate of drug-likeness (QED) is 0.439. The zero-order valence-electron chi connectivity index (χ0n) is 17.9. The molecule has 0 aliphatic rings. The highest BCUT2D eigenvalue weighted by atomic mass is 16.5. The molecule has 5 aromatic rings. The molecule has 0 saturated heterocycles. The summed E-state index contributed by atoms with van der Waals surface area (Å²) in [5.74, 6) is 0.513. The van der Waals surface area contributed by atoms with E-state index in [9.17, 15) is 9.59 Å². The van der Waals surface area contributed by atoms with Gasteiger partial charge in [-0.25, -0.2) is 4.52 Å². The van der Waals surface area contributed by atoms with Crippen LogP contribution in [0.2, 0.25) is 0 Å². The first-order valence-corrected chi connectivity index (χ1v) is 10.4. The van der Waals surface area contributed by atoms with Gasteiger partial charge in [-0.1, -0.05) is 18.2 Å². The fraction of sp³-hybridized carbons (Fsp3) is 0.120. The van der Waals surface area contributed by atoms with Gasteiger partial charge in [-0.3, -0.25) is 14.6 Å². The van der Waals surface area contributed by atoms with Crippen molar-refractivity contribution in [2.75, 3.05) is 7.11 Å². The van der Waals surface area contributed by atoms with Crippen LogP contribution >= 0.6 is 0 Å². The number of amides is 1. The van der Waals surface area contributed by atoms with Crippen LogP contribution in [-0.4, -0.2) is 32.2 Å². The second-order valence-electron chi connectivity index (χ2n) is 7.62. The van der Waals surface area contributed by atoms with Crippen LogP contribution in [-0.2, 0) is 13.1 Å². The van der Waals surface area contributed by atoms with Crippen molar-refractivity contribution in [2.24, 2.45) is 0 Å². The Balaban J connectivity index is 1.55. The minimum atomic E-state index is -0.232. The van der Waals surface area contributed by atoms with Crippen molar-refractivity contribution in [2.45, 2.75) is 13.1 Å². The van der Waals surface area contributed by atoms with E-state index in [1.165, 1.54) is 0 Å². The molecule has 1 N–H and O–H groups in total. The third-order valence-electron chi connectivity index (χ3n) is 5.54. The van der Waals surface area contributed by atoms with Crippen molar-refractivity contribution in [3.8, 4) is 5.75 Å². The molecule has 33 heavy (non-hydrogen) atoms. The summed E-state index contributed by atoms with van der Waals surface area (Å²) < 4.78 is 8.51. The lowest BCUT2D eigenvalue weighted by Gasteiger charge is -2.14. The first kappa shape index (κ1) is 20.4. The number of aromatic nitrogens is 4. The second kappa shape index (κ2) is 8.58. The first-order valence-electron chi connectivity index (χ1n) is 10.4. The number of ether oxygens (including phenoxy) is 1. The Bertz CT molecular complexity index is 1500. The Hall–Kier alpha value is -4.46. The van der Waals surface area contributed by atoms with Gasteiger partial charge < -0.3 is 14.6 Å². The van der Waals surface area contributed by atoms with Crippen LogP contribution in [0, 0.1) is 0 Å². The SMILES string of the molecule is COc1ccc(Cn2c(=O)c3ccnn3c3ccc(C(=O)NCc4cccnc4)cc32)cc1. The number of nitrogens with zero attached hydrogens (tertiary/aromatic N) is 4. The number of pyridine rings is 1. The minimum absolute atomic E-state index is 0.177. The monoisotopic (exact) mass is 439 g/mol. The Labute approximate surface area is 189 Å². The van der Waals surface area contributed by atoms with Crippen LogP contribution in [0.25, 0.3) is 16.6 Å². The molecule has 8 nitrogen and oxygen atoms in total. The molecule has 3 heterocycles. The maximum atomic E-state index is 13.3. The highest BCUT2D eigenvalue weighted by Crippen LogP contribution is 2.19. The number of carbonyl (C=O) groups excluding carboxylic acids is 1. The van der Waals surface area contributed by atoms with Gasteiger partial charge in [-0.15, -0.1) is 0 Å². The maximum absolute atomic E-state index is 13.3. The van der Waals surface area contributed by atoms with Crippen molar-refractivity contribution in [3.63, 3.8) is 0 Å². The van der Waals surface area contributed by atoms with E-state index >= 15 is 0 Å². The van der Waals surface area contributed by atoms with E-state index in [2.05, 4.69) is 15.4 Å². The maximum Gasteiger partial charge on any atom is 0.277 e. The lowest BCUT2D eigenvalue weighted by molar-refractivity contribution is 0.0951. The van der Waals surface area contributed by atoms with E-state index in [4.69, 9.17) is 4.74 Å². The normalized spacial score (nSPS) is 11.1. The van der Waals surface area contributed by atoms with E-state index in [-0.39, 0.29) is 11.5 Å². The summed E-state index contributed by atoms with van der Waals surface area (Å²) in [6.45, 7) is 0.712. The Morgan fingerprint density at radius 3 is 2.58 bits per heavy atom. The Morgan fingerprint density at radius 1 is 0.970 bits per heavy atom. The van der Waals surface area contributed by atoms with E-state index in [0.29, 0.717) is 29.7 Å². The lowest BCUT2D eigenvalue weighted by Crippen LogP contribution is -2.25. The number of hydrogen-bond donors (Lipinski definition) is 1. The molecule has 1 amide bonds. The third-order valence-corrected chi connectivity index (χ3v) is 5.54. The molecule has 0 atom stereocenters.